The van der Waals surface area contributed by atoms with Gasteiger partial charge in [-0.3, -0.25) is 0 Å². The summed E-state index contributed by atoms with van der Waals surface area (Å²) in [4.78, 5) is -0.398. The highest BCUT2D eigenvalue weighted by molar-refractivity contribution is 7.80. The minimum atomic E-state index is -4.54. The molecule has 0 fully saturated rings. The van der Waals surface area contributed by atoms with Crippen molar-refractivity contribution in [1.82, 2.24) is 15.0 Å². The van der Waals surface area contributed by atoms with Crippen LogP contribution in [0.1, 0.15) is 24.7 Å². The molecule has 0 aromatic carbocycles. The van der Waals surface area contributed by atoms with Crippen LogP contribution in [-0.2, 0) is 12.7 Å². The Morgan fingerprint density at radius 1 is 1.53 bits per heavy atom. The number of nitrogens with two attached hydrogens (primary N) is 1. The number of rotatable bonds is 3. The van der Waals surface area contributed by atoms with Gasteiger partial charge in [0.2, 0.25) is 0 Å². The van der Waals surface area contributed by atoms with Crippen LogP contribution in [0.15, 0.2) is 0 Å². The van der Waals surface area contributed by atoms with Gasteiger partial charge in [0.1, 0.15) is 4.99 Å². The summed E-state index contributed by atoms with van der Waals surface area (Å²) in [5, 5.41) is 6.70. The second-order valence-electron chi connectivity index (χ2n) is 2.87. The van der Waals surface area contributed by atoms with Crippen molar-refractivity contribution in [1.29, 1.82) is 0 Å². The van der Waals surface area contributed by atoms with Crippen LogP contribution in [-0.4, -0.2) is 20.0 Å². The lowest BCUT2D eigenvalue weighted by molar-refractivity contribution is -0.144. The van der Waals surface area contributed by atoms with E-state index in [1.807, 2.05) is 0 Å². The van der Waals surface area contributed by atoms with E-state index in [0.29, 0.717) is 6.42 Å². The number of hydrogen-bond acceptors (Lipinski definition) is 3. The van der Waals surface area contributed by atoms with Crippen LogP contribution in [0.2, 0.25) is 0 Å². The van der Waals surface area contributed by atoms with Crippen LogP contribution in [0, 0.1) is 0 Å². The SMILES string of the molecule is CCCn1nnc(C(N)=S)c1C(F)(F)F. The summed E-state index contributed by atoms with van der Waals surface area (Å²) in [6, 6.07) is 0. The highest BCUT2D eigenvalue weighted by atomic mass is 32.1. The normalized spacial score (nSPS) is 11.7. The molecule has 0 spiro atoms. The smallest absolute Gasteiger partial charge is 0.388 e. The molecule has 0 aliphatic heterocycles. The molecule has 0 atom stereocenters. The molecular weight excluding hydrogens is 229 g/mol. The van der Waals surface area contributed by atoms with Crippen LogP contribution in [0.25, 0.3) is 0 Å². The van der Waals surface area contributed by atoms with Crippen molar-refractivity contribution in [2.45, 2.75) is 26.1 Å². The van der Waals surface area contributed by atoms with Crippen LogP contribution < -0.4 is 5.73 Å². The van der Waals surface area contributed by atoms with E-state index in [9.17, 15) is 13.2 Å². The van der Waals surface area contributed by atoms with Gasteiger partial charge in [-0.25, -0.2) is 4.68 Å². The number of alkyl halides is 3. The van der Waals surface area contributed by atoms with E-state index in [0.717, 1.165) is 4.68 Å². The van der Waals surface area contributed by atoms with Gasteiger partial charge in [0, 0.05) is 6.54 Å². The summed E-state index contributed by atoms with van der Waals surface area (Å²) in [6.45, 7) is 1.87. The lowest BCUT2D eigenvalue weighted by Crippen LogP contribution is -2.21. The number of hydrogen-bond donors (Lipinski definition) is 1. The van der Waals surface area contributed by atoms with Crippen molar-refractivity contribution in [2.24, 2.45) is 5.73 Å². The summed E-state index contributed by atoms with van der Waals surface area (Å²) in [5.74, 6) is 0. The van der Waals surface area contributed by atoms with Gasteiger partial charge in [0.15, 0.2) is 11.4 Å². The number of aryl methyl sites for hydroxylation is 1. The highest BCUT2D eigenvalue weighted by Crippen LogP contribution is 2.31. The molecule has 1 aromatic heterocycles. The Balaban J connectivity index is 3.27. The first-order valence-corrected chi connectivity index (χ1v) is 4.59. The van der Waals surface area contributed by atoms with Crippen LogP contribution >= 0.6 is 12.2 Å². The zero-order valence-corrected chi connectivity index (χ0v) is 8.69. The molecule has 2 N–H and O–H groups in total. The van der Waals surface area contributed by atoms with Gasteiger partial charge in [0.25, 0.3) is 0 Å². The summed E-state index contributed by atoms with van der Waals surface area (Å²) in [5.41, 5.74) is 3.69. The topological polar surface area (TPSA) is 56.7 Å². The highest BCUT2D eigenvalue weighted by Gasteiger charge is 2.39. The average Bonchev–Trinajstić information content (AvgIpc) is 2.47. The van der Waals surface area contributed by atoms with Crippen molar-refractivity contribution in [2.75, 3.05) is 0 Å². The third-order valence-corrected chi connectivity index (χ3v) is 1.87. The first-order valence-electron chi connectivity index (χ1n) is 4.18. The lowest BCUT2D eigenvalue weighted by Gasteiger charge is -2.09. The molecule has 0 unspecified atom stereocenters. The van der Waals surface area contributed by atoms with Crippen molar-refractivity contribution < 1.29 is 13.2 Å². The van der Waals surface area contributed by atoms with E-state index in [2.05, 4.69) is 22.5 Å². The molecule has 0 saturated carbocycles. The van der Waals surface area contributed by atoms with E-state index in [4.69, 9.17) is 5.73 Å². The van der Waals surface area contributed by atoms with Crippen molar-refractivity contribution in [3.8, 4) is 0 Å². The maximum atomic E-state index is 12.6. The number of aromatic nitrogens is 3. The summed E-state index contributed by atoms with van der Waals surface area (Å²) >= 11 is 4.48. The first kappa shape index (κ1) is 11.9. The third kappa shape index (κ3) is 2.44. The maximum Gasteiger partial charge on any atom is 0.435 e. The van der Waals surface area contributed by atoms with Gasteiger partial charge < -0.3 is 5.73 Å². The zero-order chi connectivity index (χ0) is 11.6. The molecule has 0 radical (unpaired) electrons. The van der Waals surface area contributed by atoms with E-state index < -0.39 is 22.6 Å². The van der Waals surface area contributed by atoms with Gasteiger partial charge in [-0.15, -0.1) is 5.10 Å². The molecule has 1 aromatic rings. The number of thiocarbonyl (C=S) groups is 1. The Kier molecular flexibility index (Phi) is 3.28. The fraction of sp³-hybridized carbons (Fsp3) is 0.571. The van der Waals surface area contributed by atoms with E-state index in [1.54, 1.807) is 6.92 Å². The monoisotopic (exact) mass is 238 g/mol. The lowest BCUT2D eigenvalue weighted by atomic mass is 10.3. The summed E-state index contributed by atoms with van der Waals surface area (Å²) in [6.07, 6.45) is -4.03. The Labute approximate surface area is 89.2 Å². The molecule has 0 aliphatic rings. The van der Waals surface area contributed by atoms with Crippen molar-refractivity contribution in [3.05, 3.63) is 11.4 Å². The molecular formula is C7H9F3N4S. The van der Waals surface area contributed by atoms with Crippen LogP contribution in [0.4, 0.5) is 13.2 Å². The molecule has 0 aliphatic carbocycles. The minimum absolute atomic E-state index is 0.129. The number of halogens is 3. The second kappa shape index (κ2) is 4.13. The minimum Gasteiger partial charge on any atom is -0.388 e. The van der Waals surface area contributed by atoms with Gasteiger partial charge in [-0.1, -0.05) is 24.4 Å². The van der Waals surface area contributed by atoms with E-state index in [-0.39, 0.29) is 6.54 Å². The molecule has 4 nitrogen and oxygen atoms in total. The molecule has 8 heteroatoms. The van der Waals surface area contributed by atoms with Gasteiger partial charge in [-0.05, 0) is 6.42 Å². The Morgan fingerprint density at radius 2 is 2.13 bits per heavy atom. The predicted molar refractivity (Wildman–Crippen MR) is 51.2 cm³/mol. The van der Waals surface area contributed by atoms with Gasteiger partial charge >= 0.3 is 6.18 Å². The molecule has 0 amide bonds. The Morgan fingerprint density at radius 3 is 2.53 bits per heavy atom. The Bertz CT molecular complexity index is 371. The van der Waals surface area contributed by atoms with Gasteiger partial charge in [-0.2, -0.15) is 13.2 Å². The van der Waals surface area contributed by atoms with Crippen LogP contribution in [0.3, 0.4) is 0 Å². The molecule has 0 bridgehead atoms. The van der Waals surface area contributed by atoms with E-state index in [1.165, 1.54) is 0 Å². The average molecular weight is 238 g/mol. The molecule has 84 valence electrons. The first-order chi connectivity index (χ1) is 6.88. The van der Waals surface area contributed by atoms with Crippen molar-refractivity contribution in [3.63, 3.8) is 0 Å². The fourth-order valence-corrected chi connectivity index (χ4v) is 1.27. The fourth-order valence-electron chi connectivity index (χ4n) is 1.13. The summed E-state index contributed by atoms with van der Waals surface area (Å²) in [7, 11) is 0. The van der Waals surface area contributed by atoms with Crippen molar-refractivity contribution >= 4 is 17.2 Å². The quantitative estimate of drug-likeness (QED) is 0.807. The third-order valence-electron chi connectivity index (χ3n) is 1.67. The molecule has 1 rings (SSSR count). The summed E-state index contributed by atoms with van der Waals surface area (Å²) < 4.78 is 38.6. The standard InChI is InChI=1S/C7H9F3N4S/c1-2-3-14-5(7(8,9)10)4(6(11)15)12-13-14/h2-3H2,1H3,(H2,11,15). The second-order valence-corrected chi connectivity index (χ2v) is 3.31. The predicted octanol–water partition coefficient (Wildman–Crippen LogP) is 1.34. The molecule has 15 heavy (non-hydrogen) atoms. The number of nitrogens with zero attached hydrogens (tertiary/aromatic N) is 3. The largest absolute Gasteiger partial charge is 0.435 e. The zero-order valence-electron chi connectivity index (χ0n) is 7.88. The Hall–Kier alpha value is -1.18. The van der Waals surface area contributed by atoms with E-state index >= 15 is 0 Å². The maximum absolute atomic E-state index is 12.6. The van der Waals surface area contributed by atoms with Crippen LogP contribution in [0.5, 0.6) is 0 Å². The molecule has 0 saturated heterocycles. The van der Waals surface area contributed by atoms with Gasteiger partial charge in [0.05, 0.1) is 0 Å². The molecule has 1 heterocycles.